The molecular weight excluding hydrogens is 307 g/mol. The van der Waals surface area contributed by atoms with Crippen LogP contribution in [0.15, 0.2) is 24.3 Å². The molecule has 6 heteroatoms. The molecular formula is C18H29FN4O. The lowest BCUT2D eigenvalue weighted by atomic mass is 10.2. The van der Waals surface area contributed by atoms with Gasteiger partial charge < -0.3 is 15.5 Å². The average Bonchev–Trinajstić information content (AvgIpc) is 2.61. The summed E-state index contributed by atoms with van der Waals surface area (Å²) in [5.41, 5.74) is 1.04. The average molecular weight is 336 g/mol. The van der Waals surface area contributed by atoms with Crippen molar-refractivity contribution in [3.63, 3.8) is 0 Å². The van der Waals surface area contributed by atoms with E-state index < -0.39 is 0 Å². The molecule has 1 fully saturated rings. The van der Waals surface area contributed by atoms with Gasteiger partial charge in [0.2, 0.25) is 5.91 Å². The first-order chi connectivity index (χ1) is 11.6. The van der Waals surface area contributed by atoms with Gasteiger partial charge in [0, 0.05) is 45.0 Å². The van der Waals surface area contributed by atoms with Gasteiger partial charge in [-0.1, -0.05) is 6.92 Å². The van der Waals surface area contributed by atoms with Crippen LogP contribution in [0.5, 0.6) is 0 Å². The molecule has 24 heavy (non-hydrogen) atoms. The van der Waals surface area contributed by atoms with Crippen molar-refractivity contribution in [1.82, 2.24) is 15.5 Å². The van der Waals surface area contributed by atoms with Crippen molar-refractivity contribution in [2.75, 3.05) is 50.7 Å². The van der Waals surface area contributed by atoms with E-state index in [0.29, 0.717) is 6.54 Å². The van der Waals surface area contributed by atoms with Gasteiger partial charge in [-0.25, -0.2) is 4.39 Å². The molecule has 134 valence electrons. The lowest BCUT2D eigenvalue weighted by Gasteiger charge is -2.38. The van der Waals surface area contributed by atoms with Crippen LogP contribution < -0.4 is 15.5 Å². The number of carbonyl (C=O) groups excluding carboxylic acids is 1. The number of hydrogen-bond donors (Lipinski definition) is 2. The van der Waals surface area contributed by atoms with Crippen molar-refractivity contribution in [3.05, 3.63) is 30.1 Å². The van der Waals surface area contributed by atoms with Crippen molar-refractivity contribution < 1.29 is 9.18 Å². The molecule has 0 saturated carbocycles. The zero-order valence-electron chi connectivity index (χ0n) is 14.7. The Morgan fingerprint density at radius 1 is 1.12 bits per heavy atom. The monoisotopic (exact) mass is 336 g/mol. The summed E-state index contributed by atoms with van der Waals surface area (Å²) in [4.78, 5) is 16.7. The predicted molar refractivity (Wildman–Crippen MR) is 95.8 cm³/mol. The molecule has 1 aromatic carbocycles. The van der Waals surface area contributed by atoms with E-state index >= 15 is 0 Å². The van der Waals surface area contributed by atoms with Crippen molar-refractivity contribution in [2.45, 2.75) is 26.3 Å². The van der Waals surface area contributed by atoms with Crippen LogP contribution in [0.2, 0.25) is 0 Å². The molecule has 2 N–H and O–H groups in total. The van der Waals surface area contributed by atoms with Gasteiger partial charge in [0.05, 0.1) is 6.04 Å². The molecule has 0 aromatic heterocycles. The van der Waals surface area contributed by atoms with Crippen LogP contribution in [0.1, 0.15) is 20.3 Å². The first-order valence-electron chi connectivity index (χ1n) is 8.84. The lowest BCUT2D eigenvalue weighted by molar-refractivity contribution is -0.125. The van der Waals surface area contributed by atoms with Crippen LogP contribution in [-0.2, 0) is 4.79 Å². The minimum atomic E-state index is -0.212. The highest BCUT2D eigenvalue weighted by Gasteiger charge is 2.25. The van der Waals surface area contributed by atoms with E-state index in [4.69, 9.17) is 0 Å². The quantitative estimate of drug-likeness (QED) is 0.706. The summed E-state index contributed by atoms with van der Waals surface area (Å²) in [6.07, 6.45) is 1.10. The molecule has 1 aromatic rings. The largest absolute Gasteiger partial charge is 0.369 e. The SMILES string of the molecule is CCCNCCNC(=O)C(C)N1CCN(c2ccc(F)cc2)CC1. The second-order valence-electron chi connectivity index (χ2n) is 6.22. The molecule has 0 radical (unpaired) electrons. The molecule has 0 aliphatic carbocycles. The number of rotatable bonds is 8. The number of benzene rings is 1. The first kappa shape index (κ1) is 18.7. The number of amides is 1. The molecule has 1 aliphatic heterocycles. The van der Waals surface area contributed by atoms with Gasteiger partial charge in [0.15, 0.2) is 0 Å². The minimum absolute atomic E-state index is 0.0866. The van der Waals surface area contributed by atoms with Crippen molar-refractivity contribution >= 4 is 11.6 Å². The highest BCUT2D eigenvalue weighted by Crippen LogP contribution is 2.17. The van der Waals surface area contributed by atoms with E-state index in [9.17, 15) is 9.18 Å². The Hall–Kier alpha value is -1.66. The van der Waals surface area contributed by atoms with Crippen LogP contribution in [0, 0.1) is 5.82 Å². The van der Waals surface area contributed by atoms with Crippen molar-refractivity contribution in [1.29, 1.82) is 0 Å². The third-order valence-electron chi connectivity index (χ3n) is 4.46. The van der Waals surface area contributed by atoms with Gasteiger partial charge in [0.1, 0.15) is 5.82 Å². The Labute approximate surface area is 144 Å². The number of nitrogens with zero attached hydrogens (tertiary/aromatic N) is 2. The zero-order valence-corrected chi connectivity index (χ0v) is 14.7. The number of hydrogen-bond acceptors (Lipinski definition) is 4. The second kappa shape index (κ2) is 9.59. The van der Waals surface area contributed by atoms with Gasteiger partial charge in [-0.15, -0.1) is 0 Å². The van der Waals surface area contributed by atoms with Crippen molar-refractivity contribution in [3.8, 4) is 0 Å². The van der Waals surface area contributed by atoms with E-state index in [-0.39, 0.29) is 17.8 Å². The summed E-state index contributed by atoms with van der Waals surface area (Å²) < 4.78 is 13.0. The van der Waals surface area contributed by atoms with Crippen LogP contribution >= 0.6 is 0 Å². The summed E-state index contributed by atoms with van der Waals surface area (Å²) >= 11 is 0. The standard InChI is InChI=1S/C18H29FN4O/c1-3-8-20-9-10-21-18(24)15(2)22-11-13-23(14-12-22)17-6-4-16(19)5-7-17/h4-7,15,20H,3,8-14H2,1-2H3,(H,21,24). The maximum absolute atomic E-state index is 13.0. The molecule has 2 rings (SSSR count). The maximum atomic E-state index is 13.0. The summed E-state index contributed by atoms with van der Waals surface area (Å²) in [7, 11) is 0. The predicted octanol–water partition coefficient (Wildman–Crippen LogP) is 1.45. The Bertz CT molecular complexity index is 500. The normalized spacial score (nSPS) is 16.9. The lowest BCUT2D eigenvalue weighted by Crippen LogP contribution is -2.54. The Balaban J connectivity index is 1.72. The molecule has 1 amide bonds. The molecule has 1 atom stereocenters. The van der Waals surface area contributed by atoms with Crippen molar-refractivity contribution in [2.24, 2.45) is 0 Å². The molecule has 1 unspecified atom stereocenters. The summed E-state index contributed by atoms with van der Waals surface area (Å²) in [5, 5.41) is 6.26. The van der Waals surface area contributed by atoms with Crippen LogP contribution in [0.3, 0.4) is 0 Å². The number of anilines is 1. The number of piperazine rings is 1. The first-order valence-corrected chi connectivity index (χ1v) is 8.84. The topological polar surface area (TPSA) is 47.6 Å². The van der Waals surface area contributed by atoms with E-state index in [1.165, 1.54) is 12.1 Å². The van der Waals surface area contributed by atoms with Gasteiger partial charge in [-0.3, -0.25) is 9.69 Å². The molecule has 0 bridgehead atoms. The minimum Gasteiger partial charge on any atom is -0.369 e. The molecule has 0 spiro atoms. The van der Waals surface area contributed by atoms with Gasteiger partial charge in [-0.2, -0.15) is 0 Å². The van der Waals surface area contributed by atoms with E-state index in [0.717, 1.165) is 51.4 Å². The Kier molecular flexibility index (Phi) is 7.46. The highest BCUT2D eigenvalue weighted by atomic mass is 19.1. The maximum Gasteiger partial charge on any atom is 0.237 e. The third kappa shape index (κ3) is 5.46. The summed E-state index contributed by atoms with van der Waals surface area (Å²) in [6.45, 7) is 9.91. The fourth-order valence-corrected chi connectivity index (χ4v) is 2.91. The second-order valence-corrected chi connectivity index (χ2v) is 6.22. The van der Waals surface area contributed by atoms with Gasteiger partial charge in [-0.05, 0) is 44.2 Å². The van der Waals surface area contributed by atoms with E-state index in [2.05, 4.69) is 27.4 Å². The molecule has 1 aliphatic rings. The van der Waals surface area contributed by atoms with Crippen LogP contribution in [0.4, 0.5) is 10.1 Å². The summed E-state index contributed by atoms with van der Waals surface area (Å²) in [6, 6.07) is 6.48. The third-order valence-corrected chi connectivity index (χ3v) is 4.46. The van der Waals surface area contributed by atoms with Crippen LogP contribution in [0.25, 0.3) is 0 Å². The van der Waals surface area contributed by atoms with E-state index in [1.54, 1.807) is 0 Å². The number of carbonyl (C=O) groups is 1. The van der Waals surface area contributed by atoms with Gasteiger partial charge in [0.25, 0.3) is 0 Å². The highest BCUT2D eigenvalue weighted by molar-refractivity contribution is 5.81. The number of halogens is 1. The molecule has 1 heterocycles. The number of nitrogens with one attached hydrogen (secondary N) is 2. The van der Waals surface area contributed by atoms with E-state index in [1.807, 2.05) is 19.1 Å². The molecule has 1 saturated heterocycles. The van der Waals surface area contributed by atoms with Gasteiger partial charge >= 0.3 is 0 Å². The zero-order chi connectivity index (χ0) is 17.4. The Morgan fingerprint density at radius 2 is 1.79 bits per heavy atom. The van der Waals surface area contributed by atoms with Crippen LogP contribution in [-0.4, -0.2) is 62.7 Å². The summed E-state index contributed by atoms with van der Waals surface area (Å²) in [5.74, 6) is -0.125. The fraction of sp³-hybridized carbons (Fsp3) is 0.611. The fourth-order valence-electron chi connectivity index (χ4n) is 2.91. The Morgan fingerprint density at radius 3 is 2.42 bits per heavy atom. The molecule has 5 nitrogen and oxygen atoms in total. The smallest absolute Gasteiger partial charge is 0.237 e.